The smallest absolute Gasteiger partial charge is 0.243 e. The van der Waals surface area contributed by atoms with Crippen LogP contribution in [0.25, 0.3) is 0 Å². The van der Waals surface area contributed by atoms with Gasteiger partial charge in [0, 0.05) is 19.9 Å². The molecule has 3 aromatic rings. The van der Waals surface area contributed by atoms with Gasteiger partial charge in [-0.1, -0.05) is 86.6 Å². The standard InChI is InChI=1S/C34H42N4O5/c1-23(2)31(34(42)36-24(3)32(40)35-20-19-26-11-7-5-8-12-26)38-33(41)30(37-25(4)39)21-27-15-17-29(18-16-27)43-22-28-13-9-6-10-14-28/h5-18,23-24,30-31H,19-22H2,1-4H3,(H,35,40)(H,36,42)(H,37,39)(H,38,41)/t24-,30-,31-/m0/s1. The maximum atomic E-state index is 13.3. The van der Waals surface area contributed by atoms with Gasteiger partial charge in [-0.2, -0.15) is 0 Å². The first-order valence-electron chi connectivity index (χ1n) is 14.6. The van der Waals surface area contributed by atoms with Gasteiger partial charge in [0.15, 0.2) is 0 Å². The van der Waals surface area contributed by atoms with Crippen molar-refractivity contribution in [1.82, 2.24) is 21.3 Å². The zero-order valence-electron chi connectivity index (χ0n) is 25.3. The molecule has 228 valence electrons. The highest BCUT2D eigenvalue weighted by Crippen LogP contribution is 2.16. The van der Waals surface area contributed by atoms with Crippen LogP contribution in [0.3, 0.4) is 0 Å². The SMILES string of the molecule is CC(=O)N[C@@H](Cc1ccc(OCc2ccccc2)cc1)C(=O)N[C@H](C(=O)N[C@@H](C)C(=O)NCCc1ccccc1)C(C)C. The Morgan fingerprint density at radius 1 is 0.674 bits per heavy atom. The first kappa shape index (κ1) is 32.8. The van der Waals surface area contributed by atoms with E-state index in [0.717, 1.165) is 16.7 Å². The highest BCUT2D eigenvalue weighted by Gasteiger charge is 2.30. The number of carbonyl (C=O) groups is 4. The van der Waals surface area contributed by atoms with Crippen molar-refractivity contribution >= 4 is 23.6 Å². The zero-order chi connectivity index (χ0) is 31.2. The van der Waals surface area contributed by atoms with Gasteiger partial charge in [0.1, 0.15) is 30.5 Å². The van der Waals surface area contributed by atoms with E-state index in [4.69, 9.17) is 4.74 Å². The maximum absolute atomic E-state index is 13.3. The molecule has 4 amide bonds. The Hall–Kier alpha value is -4.66. The van der Waals surface area contributed by atoms with Crippen LogP contribution in [-0.4, -0.2) is 48.3 Å². The summed E-state index contributed by atoms with van der Waals surface area (Å²) in [6.45, 7) is 7.41. The Bertz CT molecular complexity index is 1330. The van der Waals surface area contributed by atoms with Gasteiger partial charge in [0.05, 0.1) is 0 Å². The predicted octanol–water partition coefficient (Wildman–Crippen LogP) is 3.32. The van der Waals surface area contributed by atoms with Crippen molar-refractivity contribution in [3.05, 3.63) is 102 Å². The highest BCUT2D eigenvalue weighted by atomic mass is 16.5. The number of rotatable bonds is 15. The Kier molecular flexibility index (Phi) is 12.8. The summed E-state index contributed by atoms with van der Waals surface area (Å²) >= 11 is 0. The molecule has 9 nitrogen and oxygen atoms in total. The second-order valence-electron chi connectivity index (χ2n) is 10.9. The van der Waals surface area contributed by atoms with Gasteiger partial charge in [0.25, 0.3) is 0 Å². The molecule has 0 unspecified atom stereocenters. The molecule has 3 aromatic carbocycles. The average molecular weight is 587 g/mol. The summed E-state index contributed by atoms with van der Waals surface area (Å²) in [6.07, 6.45) is 0.892. The van der Waals surface area contributed by atoms with Gasteiger partial charge in [-0.25, -0.2) is 0 Å². The molecule has 0 radical (unpaired) electrons. The Morgan fingerprint density at radius 2 is 1.28 bits per heavy atom. The van der Waals surface area contributed by atoms with Gasteiger partial charge < -0.3 is 26.0 Å². The monoisotopic (exact) mass is 586 g/mol. The number of nitrogens with one attached hydrogen (secondary N) is 4. The van der Waals surface area contributed by atoms with Crippen molar-refractivity contribution in [3.63, 3.8) is 0 Å². The van der Waals surface area contributed by atoms with Crippen LogP contribution in [0.1, 0.15) is 44.4 Å². The van der Waals surface area contributed by atoms with Gasteiger partial charge >= 0.3 is 0 Å². The quantitative estimate of drug-likeness (QED) is 0.218. The van der Waals surface area contributed by atoms with E-state index in [9.17, 15) is 19.2 Å². The van der Waals surface area contributed by atoms with Gasteiger partial charge in [-0.15, -0.1) is 0 Å². The summed E-state index contributed by atoms with van der Waals surface area (Å²) in [6, 6.07) is 24.3. The lowest BCUT2D eigenvalue weighted by atomic mass is 10.0. The molecule has 0 saturated carbocycles. The van der Waals surface area contributed by atoms with Crippen LogP contribution in [0.5, 0.6) is 5.75 Å². The molecular weight excluding hydrogens is 544 g/mol. The molecule has 9 heteroatoms. The minimum absolute atomic E-state index is 0.219. The molecule has 0 aliphatic carbocycles. The second kappa shape index (κ2) is 16.7. The molecule has 0 heterocycles. The van der Waals surface area contributed by atoms with Crippen molar-refractivity contribution in [2.75, 3.05) is 6.54 Å². The molecular formula is C34H42N4O5. The Labute approximate surface area is 253 Å². The summed E-state index contributed by atoms with van der Waals surface area (Å²) in [5.41, 5.74) is 2.96. The molecule has 3 rings (SSSR count). The van der Waals surface area contributed by atoms with Gasteiger partial charge in [-0.3, -0.25) is 19.2 Å². The number of hydrogen-bond donors (Lipinski definition) is 4. The molecule has 0 aromatic heterocycles. The van der Waals surface area contributed by atoms with E-state index in [1.807, 2.05) is 84.9 Å². The topological polar surface area (TPSA) is 126 Å². The van der Waals surface area contributed by atoms with Gasteiger partial charge in [-0.05, 0) is 48.1 Å². The van der Waals surface area contributed by atoms with E-state index >= 15 is 0 Å². The summed E-state index contributed by atoms with van der Waals surface area (Å²) in [5, 5.41) is 11.0. The number of ether oxygens (including phenoxy) is 1. The Morgan fingerprint density at radius 3 is 1.86 bits per heavy atom. The first-order chi connectivity index (χ1) is 20.6. The van der Waals surface area contributed by atoms with Crippen molar-refractivity contribution < 1.29 is 23.9 Å². The summed E-state index contributed by atoms with van der Waals surface area (Å²) in [5.74, 6) is -1.23. The van der Waals surface area contributed by atoms with Crippen molar-refractivity contribution in [1.29, 1.82) is 0 Å². The number of amides is 4. The summed E-state index contributed by atoms with van der Waals surface area (Å²) in [4.78, 5) is 51.0. The fourth-order valence-electron chi connectivity index (χ4n) is 4.44. The lowest BCUT2D eigenvalue weighted by molar-refractivity contribution is -0.134. The molecule has 0 fully saturated rings. The lowest BCUT2D eigenvalue weighted by Crippen LogP contribution is -2.58. The van der Waals surface area contributed by atoms with Gasteiger partial charge in [0.2, 0.25) is 23.6 Å². The van der Waals surface area contributed by atoms with Crippen molar-refractivity contribution in [2.24, 2.45) is 5.92 Å². The molecule has 0 spiro atoms. The predicted molar refractivity (Wildman–Crippen MR) is 166 cm³/mol. The summed E-state index contributed by atoms with van der Waals surface area (Å²) in [7, 11) is 0. The minimum atomic E-state index is -0.905. The van der Waals surface area contributed by atoms with E-state index in [1.165, 1.54) is 6.92 Å². The fraction of sp³-hybridized carbons (Fsp3) is 0.353. The third kappa shape index (κ3) is 11.3. The molecule has 0 aliphatic heterocycles. The zero-order valence-corrected chi connectivity index (χ0v) is 25.3. The van der Waals surface area contributed by atoms with E-state index in [1.54, 1.807) is 20.8 Å². The third-order valence-electron chi connectivity index (χ3n) is 6.86. The van der Waals surface area contributed by atoms with E-state index in [-0.39, 0.29) is 24.2 Å². The van der Waals surface area contributed by atoms with Crippen LogP contribution in [0.15, 0.2) is 84.9 Å². The van der Waals surface area contributed by atoms with E-state index in [0.29, 0.717) is 25.3 Å². The lowest BCUT2D eigenvalue weighted by Gasteiger charge is -2.26. The molecule has 0 aliphatic rings. The molecule has 3 atom stereocenters. The molecule has 0 saturated heterocycles. The molecule has 0 bridgehead atoms. The fourth-order valence-corrected chi connectivity index (χ4v) is 4.44. The maximum Gasteiger partial charge on any atom is 0.243 e. The first-order valence-corrected chi connectivity index (χ1v) is 14.6. The normalized spacial score (nSPS) is 12.9. The average Bonchev–Trinajstić information content (AvgIpc) is 2.99. The van der Waals surface area contributed by atoms with Crippen molar-refractivity contribution in [2.45, 2.75) is 65.3 Å². The van der Waals surface area contributed by atoms with Crippen LogP contribution >= 0.6 is 0 Å². The van der Waals surface area contributed by atoms with E-state index in [2.05, 4.69) is 21.3 Å². The van der Waals surface area contributed by atoms with Crippen LogP contribution in [-0.2, 0) is 38.6 Å². The number of benzene rings is 3. The van der Waals surface area contributed by atoms with E-state index < -0.39 is 29.9 Å². The van der Waals surface area contributed by atoms with Crippen molar-refractivity contribution in [3.8, 4) is 5.75 Å². The third-order valence-corrected chi connectivity index (χ3v) is 6.86. The van der Waals surface area contributed by atoms with Crippen LogP contribution < -0.4 is 26.0 Å². The summed E-state index contributed by atoms with van der Waals surface area (Å²) < 4.78 is 5.84. The van der Waals surface area contributed by atoms with Crippen LogP contribution in [0, 0.1) is 5.92 Å². The van der Waals surface area contributed by atoms with Crippen LogP contribution in [0.4, 0.5) is 0 Å². The largest absolute Gasteiger partial charge is 0.489 e. The number of hydrogen-bond acceptors (Lipinski definition) is 5. The highest BCUT2D eigenvalue weighted by molar-refractivity contribution is 5.94. The second-order valence-corrected chi connectivity index (χ2v) is 10.9. The minimum Gasteiger partial charge on any atom is -0.489 e. The number of carbonyl (C=O) groups excluding carboxylic acids is 4. The molecule has 4 N–H and O–H groups in total. The Balaban J connectivity index is 1.55. The molecule has 43 heavy (non-hydrogen) atoms. The van der Waals surface area contributed by atoms with Crippen LogP contribution in [0.2, 0.25) is 0 Å².